The number of nitrogens with one attached hydrogen (secondary N) is 1. The lowest BCUT2D eigenvalue weighted by molar-refractivity contribution is -0.385. The number of likely N-dealkylation sites (tertiary alicyclic amines) is 1. The van der Waals surface area contributed by atoms with E-state index in [0.717, 1.165) is 18.9 Å². The first kappa shape index (κ1) is 21.2. The first-order valence-electron chi connectivity index (χ1n) is 7.53. The summed E-state index contributed by atoms with van der Waals surface area (Å²) in [5, 5.41) is 14.1. The molecule has 1 amide bonds. The van der Waals surface area contributed by atoms with E-state index in [1.54, 1.807) is 7.05 Å². The molecule has 10 heteroatoms. The molecule has 1 heterocycles. The molecule has 0 spiro atoms. The molecular weight excluding hydrogens is 363 g/mol. The van der Waals surface area contributed by atoms with E-state index in [2.05, 4.69) is 5.32 Å². The van der Waals surface area contributed by atoms with Gasteiger partial charge in [0.25, 0.3) is 11.6 Å². The third kappa shape index (κ3) is 5.05. The van der Waals surface area contributed by atoms with Crippen LogP contribution < -0.4 is 5.32 Å². The summed E-state index contributed by atoms with van der Waals surface area (Å²) in [7, 11) is 1.79. The van der Waals surface area contributed by atoms with E-state index in [9.17, 15) is 28.1 Å². The first-order valence-corrected chi connectivity index (χ1v) is 7.53. The average molecular weight is 382 g/mol. The van der Waals surface area contributed by atoms with Crippen molar-refractivity contribution >= 4 is 24.0 Å². The van der Waals surface area contributed by atoms with Gasteiger partial charge in [-0.05, 0) is 44.5 Å². The summed E-state index contributed by atoms with van der Waals surface area (Å²) < 4.78 is 38.2. The van der Waals surface area contributed by atoms with Gasteiger partial charge in [-0.1, -0.05) is 0 Å². The van der Waals surface area contributed by atoms with E-state index in [1.807, 2.05) is 0 Å². The summed E-state index contributed by atoms with van der Waals surface area (Å²) in [6.45, 7) is 1.58. The van der Waals surface area contributed by atoms with Crippen LogP contribution >= 0.6 is 12.4 Å². The molecule has 1 aliphatic heterocycles. The number of hydrogen-bond donors (Lipinski definition) is 1. The molecule has 1 atom stereocenters. The highest BCUT2D eigenvalue weighted by atomic mass is 35.5. The zero-order valence-corrected chi connectivity index (χ0v) is 14.3. The minimum Gasteiger partial charge on any atom is -0.338 e. The quantitative estimate of drug-likeness (QED) is 0.642. The van der Waals surface area contributed by atoms with Crippen LogP contribution in [0.1, 0.15) is 28.8 Å². The number of nitro benzene ring substituents is 1. The fourth-order valence-corrected chi connectivity index (χ4v) is 2.92. The van der Waals surface area contributed by atoms with Crippen LogP contribution in [0.3, 0.4) is 0 Å². The molecule has 1 unspecified atom stereocenters. The minimum atomic E-state index is -4.70. The van der Waals surface area contributed by atoms with Crippen LogP contribution in [0.2, 0.25) is 0 Å². The Hall–Kier alpha value is -1.87. The van der Waals surface area contributed by atoms with E-state index in [0.29, 0.717) is 31.8 Å². The van der Waals surface area contributed by atoms with E-state index < -0.39 is 28.3 Å². The number of benzene rings is 1. The maximum absolute atomic E-state index is 12.7. The minimum absolute atomic E-state index is 0. The molecule has 1 N–H and O–H groups in total. The molecule has 1 aliphatic rings. The number of carbonyl (C=O) groups is 1. The van der Waals surface area contributed by atoms with Crippen molar-refractivity contribution in [1.29, 1.82) is 0 Å². The molecular formula is C15H19ClF3N3O3. The maximum atomic E-state index is 12.7. The van der Waals surface area contributed by atoms with Gasteiger partial charge in [0.1, 0.15) is 5.56 Å². The maximum Gasteiger partial charge on any atom is 0.416 e. The van der Waals surface area contributed by atoms with Crippen LogP contribution in [-0.4, -0.2) is 42.4 Å². The van der Waals surface area contributed by atoms with Gasteiger partial charge < -0.3 is 10.2 Å². The Morgan fingerprint density at radius 1 is 1.44 bits per heavy atom. The van der Waals surface area contributed by atoms with Crippen molar-refractivity contribution in [2.45, 2.75) is 19.0 Å². The van der Waals surface area contributed by atoms with Crippen molar-refractivity contribution in [2.75, 3.05) is 26.7 Å². The second-order valence-corrected chi connectivity index (χ2v) is 5.80. The highest BCUT2D eigenvalue weighted by molar-refractivity contribution is 5.98. The number of halogens is 4. The molecule has 6 nitrogen and oxygen atoms in total. The molecule has 1 fully saturated rings. The van der Waals surface area contributed by atoms with Gasteiger partial charge in [0.2, 0.25) is 0 Å². The van der Waals surface area contributed by atoms with Gasteiger partial charge in [0, 0.05) is 19.2 Å². The zero-order chi connectivity index (χ0) is 17.9. The topological polar surface area (TPSA) is 75.5 Å². The molecule has 0 aliphatic carbocycles. The Morgan fingerprint density at radius 3 is 2.68 bits per heavy atom. The van der Waals surface area contributed by atoms with Crippen molar-refractivity contribution in [3.8, 4) is 0 Å². The summed E-state index contributed by atoms with van der Waals surface area (Å²) in [6.07, 6.45) is -3.01. The number of rotatable bonds is 4. The second-order valence-electron chi connectivity index (χ2n) is 5.80. The third-order valence-corrected chi connectivity index (χ3v) is 4.05. The van der Waals surface area contributed by atoms with Crippen LogP contribution in [0, 0.1) is 16.0 Å². The fourth-order valence-electron chi connectivity index (χ4n) is 2.92. The lowest BCUT2D eigenvalue weighted by Gasteiger charge is -2.32. The van der Waals surface area contributed by atoms with Crippen LogP contribution in [-0.2, 0) is 6.18 Å². The monoisotopic (exact) mass is 381 g/mol. The fraction of sp³-hybridized carbons (Fsp3) is 0.533. The number of alkyl halides is 3. The molecule has 0 saturated carbocycles. The van der Waals surface area contributed by atoms with Crippen molar-refractivity contribution < 1.29 is 22.9 Å². The smallest absolute Gasteiger partial charge is 0.338 e. The normalized spacial score (nSPS) is 17.8. The third-order valence-electron chi connectivity index (χ3n) is 4.05. The lowest BCUT2D eigenvalue weighted by atomic mass is 9.97. The Bertz CT molecular complexity index is 638. The van der Waals surface area contributed by atoms with Gasteiger partial charge in [-0.15, -0.1) is 12.4 Å². The highest BCUT2D eigenvalue weighted by Gasteiger charge is 2.35. The molecule has 25 heavy (non-hydrogen) atoms. The van der Waals surface area contributed by atoms with E-state index in [1.165, 1.54) is 4.90 Å². The number of hydrogen-bond acceptors (Lipinski definition) is 4. The Kier molecular flexibility index (Phi) is 7.18. The van der Waals surface area contributed by atoms with Gasteiger partial charge in [-0.3, -0.25) is 14.9 Å². The predicted molar refractivity (Wildman–Crippen MR) is 87.9 cm³/mol. The Balaban J connectivity index is 0.00000312. The van der Waals surface area contributed by atoms with E-state index in [-0.39, 0.29) is 23.9 Å². The van der Waals surface area contributed by atoms with Gasteiger partial charge in [0.15, 0.2) is 0 Å². The number of amides is 1. The molecule has 0 radical (unpaired) electrons. The molecule has 1 aromatic rings. The van der Waals surface area contributed by atoms with Crippen LogP contribution in [0.25, 0.3) is 0 Å². The Labute approximate surface area is 148 Å². The summed E-state index contributed by atoms with van der Waals surface area (Å²) in [5.41, 5.74) is -2.26. The number of piperidine rings is 1. The van der Waals surface area contributed by atoms with E-state index >= 15 is 0 Å². The summed E-state index contributed by atoms with van der Waals surface area (Å²) in [6, 6.07) is 2.02. The number of nitro groups is 1. The summed E-state index contributed by atoms with van der Waals surface area (Å²) >= 11 is 0. The summed E-state index contributed by atoms with van der Waals surface area (Å²) in [4.78, 5) is 24.2. The van der Waals surface area contributed by atoms with Gasteiger partial charge in [-0.25, -0.2) is 0 Å². The molecule has 0 bridgehead atoms. The van der Waals surface area contributed by atoms with Crippen LogP contribution in [0.4, 0.5) is 18.9 Å². The van der Waals surface area contributed by atoms with Crippen molar-refractivity contribution in [3.05, 3.63) is 39.4 Å². The Morgan fingerprint density at radius 2 is 2.12 bits per heavy atom. The SMILES string of the molecule is CNCC1CCCN(C(=O)c2ccc(C(F)(F)F)cc2[N+](=O)[O-])C1.Cl. The van der Waals surface area contributed by atoms with E-state index in [4.69, 9.17) is 0 Å². The van der Waals surface area contributed by atoms with Crippen molar-refractivity contribution in [3.63, 3.8) is 0 Å². The van der Waals surface area contributed by atoms with Crippen LogP contribution in [0.5, 0.6) is 0 Å². The first-order chi connectivity index (χ1) is 11.2. The number of nitrogens with zero attached hydrogens (tertiary/aromatic N) is 2. The molecule has 2 rings (SSSR count). The van der Waals surface area contributed by atoms with Crippen LogP contribution in [0.15, 0.2) is 18.2 Å². The molecule has 0 aromatic heterocycles. The lowest BCUT2D eigenvalue weighted by Crippen LogP contribution is -2.42. The second kappa shape index (κ2) is 8.48. The summed E-state index contributed by atoms with van der Waals surface area (Å²) in [5.74, 6) is -0.377. The highest BCUT2D eigenvalue weighted by Crippen LogP contribution is 2.33. The largest absolute Gasteiger partial charge is 0.416 e. The van der Waals surface area contributed by atoms with Gasteiger partial charge in [0.05, 0.1) is 10.5 Å². The van der Waals surface area contributed by atoms with Gasteiger partial charge in [-0.2, -0.15) is 13.2 Å². The zero-order valence-electron chi connectivity index (χ0n) is 13.5. The standard InChI is InChI=1S/C15H18F3N3O3.ClH/c1-19-8-10-3-2-6-20(9-10)14(22)12-5-4-11(15(16,17)18)7-13(12)21(23)24;/h4-5,7,10,19H,2-3,6,8-9H2,1H3;1H. The molecule has 1 saturated heterocycles. The van der Waals surface area contributed by atoms with Gasteiger partial charge >= 0.3 is 6.18 Å². The molecule has 140 valence electrons. The predicted octanol–water partition coefficient (Wildman–Crippen LogP) is 3.11. The number of carbonyl (C=O) groups excluding carboxylic acids is 1. The van der Waals surface area contributed by atoms with Crippen molar-refractivity contribution in [1.82, 2.24) is 10.2 Å². The molecule has 1 aromatic carbocycles. The van der Waals surface area contributed by atoms with Crippen molar-refractivity contribution in [2.24, 2.45) is 5.92 Å². The average Bonchev–Trinajstić information content (AvgIpc) is 2.53.